The van der Waals surface area contributed by atoms with Crippen molar-refractivity contribution in [3.05, 3.63) is 48.2 Å². The predicted molar refractivity (Wildman–Crippen MR) is 54.1 cm³/mol. The number of aromatic hydroxyl groups is 1. The molecule has 0 radical (unpaired) electrons. The fourth-order valence-electron chi connectivity index (χ4n) is 1.18. The van der Waals surface area contributed by atoms with Crippen molar-refractivity contribution in [3.63, 3.8) is 0 Å². The summed E-state index contributed by atoms with van der Waals surface area (Å²) >= 11 is 0. The first-order valence-electron chi connectivity index (χ1n) is 4.40. The molecule has 3 nitrogen and oxygen atoms in total. The van der Waals surface area contributed by atoms with Crippen molar-refractivity contribution in [1.29, 1.82) is 0 Å². The van der Waals surface area contributed by atoms with Crippen LogP contribution < -0.4 is 5.32 Å². The molecule has 2 rings (SSSR count). The van der Waals surface area contributed by atoms with Crippen LogP contribution in [0.3, 0.4) is 0 Å². The van der Waals surface area contributed by atoms with E-state index in [2.05, 4.69) is 5.32 Å². The summed E-state index contributed by atoms with van der Waals surface area (Å²) in [5.41, 5.74) is 1.10. The van der Waals surface area contributed by atoms with E-state index in [1.54, 1.807) is 18.4 Å². The highest BCUT2D eigenvalue weighted by Crippen LogP contribution is 2.12. The highest BCUT2D eigenvalue weighted by atomic mass is 16.3. The minimum absolute atomic E-state index is 0.284. The Kier molecular flexibility index (Phi) is 2.40. The Morgan fingerprint density at radius 3 is 2.57 bits per heavy atom. The maximum Gasteiger partial charge on any atom is 0.192 e. The highest BCUT2D eigenvalue weighted by molar-refractivity contribution is 5.33. The van der Waals surface area contributed by atoms with E-state index in [4.69, 9.17) is 9.52 Å². The van der Waals surface area contributed by atoms with Crippen molar-refractivity contribution in [2.45, 2.75) is 6.54 Å². The molecule has 0 amide bonds. The maximum atomic E-state index is 9.07. The number of hydrogen-bond acceptors (Lipinski definition) is 3. The molecule has 0 aliphatic rings. The Hall–Kier alpha value is -1.90. The van der Waals surface area contributed by atoms with Gasteiger partial charge in [0.15, 0.2) is 5.88 Å². The molecule has 0 unspecified atom stereocenters. The number of nitrogens with one attached hydrogen (secondary N) is 1. The summed E-state index contributed by atoms with van der Waals surface area (Å²) in [7, 11) is 0. The Balaban J connectivity index is 1.95. The van der Waals surface area contributed by atoms with Gasteiger partial charge in [0.05, 0.1) is 6.26 Å². The first-order chi connectivity index (χ1) is 6.84. The minimum atomic E-state index is 0.284. The van der Waals surface area contributed by atoms with E-state index < -0.39 is 0 Å². The highest BCUT2D eigenvalue weighted by Gasteiger charge is 1.95. The van der Waals surface area contributed by atoms with Gasteiger partial charge in [-0.2, -0.15) is 0 Å². The molecule has 0 atom stereocenters. The van der Waals surface area contributed by atoms with E-state index in [1.807, 2.05) is 24.3 Å². The second-order valence-corrected chi connectivity index (χ2v) is 3.00. The van der Waals surface area contributed by atoms with Crippen LogP contribution in [0.15, 0.2) is 47.1 Å². The lowest BCUT2D eigenvalue weighted by Crippen LogP contribution is -1.97. The zero-order valence-corrected chi connectivity index (χ0v) is 7.60. The summed E-state index contributed by atoms with van der Waals surface area (Å²) in [6.45, 7) is 0.688. The Bertz CT molecular complexity index is 378. The zero-order valence-electron chi connectivity index (χ0n) is 7.60. The van der Waals surface area contributed by atoms with Gasteiger partial charge in [-0.1, -0.05) is 12.1 Å². The first-order valence-corrected chi connectivity index (χ1v) is 4.40. The standard InChI is InChI=1S/C11H11NO2/c13-10-5-3-9(4-6-10)8-12-11-2-1-7-14-11/h1-7,12-13H,8H2. The molecule has 0 saturated carbocycles. The molecule has 72 valence electrons. The lowest BCUT2D eigenvalue weighted by molar-refractivity contribution is 0.475. The summed E-state index contributed by atoms with van der Waals surface area (Å²) in [5.74, 6) is 1.03. The molecule has 0 bridgehead atoms. The lowest BCUT2D eigenvalue weighted by Gasteiger charge is -2.02. The third-order valence-electron chi connectivity index (χ3n) is 1.92. The average Bonchev–Trinajstić information content (AvgIpc) is 2.70. The molecule has 1 aromatic carbocycles. The van der Waals surface area contributed by atoms with E-state index in [-0.39, 0.29) is 5.75 Å². The molecule has 2 N–H and O–H groups in total. The summed E-state index contributed by atoms with van der Waals surface area (Å²) < 4.78 is 5.12. The summed E-state index contributed by atoms with van der Waals surface area (Å²) in [6.07, 6.45) is 1.62. The van der Waals surface area contributed by atoms with Gasteiger partial charge in [-0.15, -0.1) is 0 Å². The number of benzene rings is 1. The fourth-order valence-corrected chi connectivity index (χ4v) is 1.18. The Morgan fingerprint density at radius 1 is 1.14 bits per heavy atom. The van der Waals surface area contributed by atoms with Crippen LogP contribution in [0.25, 0.3) is 0 Å². The van der Waals surface area contributed by atoms with Crippen LogP contribution in [0.4, 0.5) is 5.88 Å². The van der Waals surface area contributed by atoms with E-state index in [0.29, 0.717) is 6.54 Å². The van der Waals surface area contributed by atoms with Crippen LogP contribution in [0, 0.1) is 0 Å². The lowest BCUT2D eigenvalue weighted by atomic mass is 10.2. The molecule has 14 heavy (non-hydrogen) atoms. The molecule has 1 aromatic heterocycles. The number of hydrogen-bond donors (Lipinski definition) is 2. The summed E-state index contributed by atoms with van der Waals surface area (Å²) in [6, 6.07) is 10.8. The van der Waals surface area contributed by atoms with Gasteiger partial charge in [-0.25, -0.2) is 0 Å². The molecule has 0 aliphatic carbocycles. The van der Waals surface area contributed by atoms with Gasteiger partial charge in [0, 0.05) is 12.6 Å². The second-order valence-electron chi connectivity index (χ2n) is 3.00. The zero-order chi connectivity index (χ0) is 9.80. The van der Waals surface area contributed by atoms with E-state index >= 15 is 0 Å². The Labute approximate surface area is 82.0 Å². The second kappa shape index (κ2) is 3.87. The van der Waals surface area contributed by atoms with Crippen LogP contribution in [-0.2, 0) is 6.54 Å². The van der Waals surface area contributed by atoms with Crippen LogP contribution >= 0.6 is 0 Å². The van der Waals surface area contributed by atoms with E-state index in [1.165, 1.54) is 0 Å². The van der Waals surface area contributed by atoms with Gasteiger partial charge in [0.25, 0.3) is 0 Å². The van der Waals surface area contributed by atoms with Gasteiger partial charge in [0.2, 0.25) is 0 Å². The van der Waals surface area contributed by atoms with Gasteiger partial charge in [0.1, 0.15) is 5.75 Å². The van der Waals surface area contributed by atoms with Crippen molar-refractivity contribution >= 4 is 5.88 Å². The number of phenolic OH excluding ortho intramolecular Hbond substituents is 1. The molecule has 0 spiro atoms. The molecule has 0 saturated heterocycles. The number of furan rings is 1. The summed E-state index contributed by atoms with van der Waals surface area (Å²) in [5, 5.41) is 12.2. The maximum absolute atomic E-state index is 9.07. The largest absolute Gasteiger partial charge is 0.508 e. The molecule has 1 heterocycles. The van der Waals surface area contributed by atoms with Crippen LogP contribution in [0.1, 0.15) is 5.56 Å². The molecule has 3 heteroatoms. The van der Waals surface area contributed by atoms with E-state index in [9.17, 15) is 0 Å². The quantitative estimate of drug-likeness (QED) is 0.780. The molecule has 0 fully saturated rings. The van der Waals surface area contributed by atoms with Gasteiger partial charge < -0.3 is 14.8 Å². The fraction of sp³-hybridized carbons (Fsp3) is 0.0909. The van der Waals surface area contributed by atoms with Crippen molar-refractivity contribution < 1.29 is 9.52 Å². The predicted octanol–water partition coefficient (Wildman–Crippen LogP) is 2.60. The molecular weight excluding hydrogens is 178 g/mol. The minimum Gasteiger partial charge on any atom is -0.508 e. The van der Waals surface area contributed by atoms with Crippen LogP contribution in [0.2, 0.25) is 0 Å². The van der Waals surface area contributed by atoms with Crippen LogP contribution in [0.5, 0.6) is 5.75 Å². The van der Waals surface area contributed by atoms with Gasteiger partial charge in [-0.3, -0.25) is 0 Å². The van der Waals surface area contributed by atoms with Gasteiger partial charge in [-0.05, 0) is 23.8 Å². The third kappa shape index (κ3) is 2.07. The normalized spacial score (nSPS) is 10.0. The number of rotatable bonds is 3. The van der Waals surface area contributed by atoms with E-state index in [0.717, 1.165) is 11.4 Å². The van der Waals surface area contributed by atoms with Gasteiger partial charge >= 0.3 is 0 Å². The Morgan fingerprint density at radius 2 is 1.93 bits per heavy atom. The number of anilines is 1. The van der Waals surface area contributed by atoms with Crippen molar-refractivity contribution in [2.75, 3.05) is 5.32 Å². The molecule has 0 aliphatic heterocycles. The van der Waals surface area contributed by atoms with Crippen LogP contribution in [-0.4, -0.2) is 5.11 Å². The number of phenols is 1. The van der Waals surface area contributed by atoms with Crippen molar-refractivity contribution in [3.8, 4) is 5.75 Å². The third-order valence-corrected chi connectivity index (χ3v) is 1.92. The van der Waals surface area contributed by atoms with Crippen molar-refractivity contribution in [1.82, 2.24) is 0 Å². The topological polar surface area (TPSA) is 45.4 Å². The monoisotopic (exact) mass is 189 g/mol. The SMILES string of the molecule is Oc1ccc(CNc2ccco2)cc1. The van der Waals surface area contributed by atoms with Crippen molar-refractivity contribution in [2.24, 2.45) is 0 Å². The average molecular weight is 189 g/mol. The smallest absolute Gasteiger partial charge is 0.192 e. The molecule has 2 aromatic rings. The molecular formula is C11H11NO2. The first kappa shape index (κ1) is 8.69. The summed E-state index contributed by atoms with van der Waals surface area (Å²) in [4.78, 5) is 0.